The van der Waals surface area contributed by atoms with Crippen LogP contribution in [0.1, 0.15) is 446 Å². The van der Waals surface area contributed by atoms with E-state index in [-0.39, 0.29) is 25.7 Å². The van der Waals surface area contributed by atoms with Crippen LogP contribution in [-0.2, 0) is 65.4 Å². The van der Waals surface area contributed by atoms with E-state index in [9.17, 15) is 43.2 Å². The molecule has 103 heavy (non-hydrogen) atoms. The number of rotatable bonds is 83. The first-order chi connectivity index (χ1) is 49.9. The predicted molar refractivity (Wildman–Crippen MR) is 423 cm³/mol. The smallest absolute Gasteiger partial charge is 0.462 e. The van der Waals surface area contributed by atoms with Crippen LogP contribution in [0.25, 0.3) is 0 Å². The number of ether oxygens (including phenoxy) is 4. The maximum atomic E-state index is 13.1. The summed E-state index contributed by atoms with van der Waals surface area (Å²) in [6.45, 7) is 9.60. The quantitative estimate of drug-likeness (QED) is 0.0222. The van der Waals surface area contributed by atoms with Crippen molar-refractivity contribution in [1.82, 2.24) is 0 Å². The predicted octanol–water partition coefficient (Wildman–Crippen LogP) is 25.5. The summed E-state index contributed by atoms with van der Waals surface area (Å²) in [6.07, 6.45) is 66.9. The van der Waals surface area contributed by atoms with E-state index in [0.717, 1.165) is 102 Å². The number of carbonyl (C=O) groups excluding carboxylic acids is 4. The summed E-state index contributed by atoms with van der Waals surface area (Å²) >= 11 is 0. The summed E-state index contributed by atoms with van der Waals surface area (Å²) in [5.74, 6) is -0.621. The highest BCUT2D eigenvalue weighted by Crippen LogP contribution is 2.45. The van der Waals surface area contributed by atoms with Crippen LogP contribution in [0.3, 0.4) is 0 Å². The van der Waals surface area contributed by atoms with Crippen LogP contribution >= 0.6 is 15.6 Å². The molecule has 0 aromatic rings. The molecular weight excluding hydrogens is 1340 g/mol. The Labute approximate surface area is 632 Å². The number of aliphatic hydroxyl groups excluding tert-OH is 1. The summed E-state index contributed by atoms with van der Waals surface area (Å²) in [7, 11) is -9.92. The Hall–Kier alpha value is -1.94. The molecule has 0 aliphatic rings. The molecule has 0 aliphatic carbocycles. The molecule has 5 atom stereocenters. The van der Waals surface area contributed by atoms with Crippen molar-refractivity contribution in [3.63, 3.8) is 0 Å². The molecule has 3 N–H and O–H groups in total. The molecule has 0 bridgehead atoms. The Morgan fingerprint density at radius 3 is 0.660 bits per heavy atom. The summed E-state index contributed by atoms with van der Waals surface area (Å²) in [6, 6.07) is 0. The Balaban J connectivity index is 5.21. The second-order valence-electron chi connectivity index (χ2n) is 31.2. The van der Waals surface area contributed by atoms with Gasteiger partial charge in [0.1, 0.15) is 19.3 Å². The van der Waals surface area contributed by atoms with Gasteiger partial charge in [0.2, 0.25) is 0 Å². The van der Waals surface area contributed by atoms with Crippen LogP contribution in [0.15, 0.2) is 0 Å². The standard InChI is InChI=1S/C84H164O17P2/c1-7-9-11-13-15-17-19-21-23-24-25-26-27-28-32-37-41-45-49-57-63-68-83(88)100-79(72-94-81(86)66-60-54-47-43-39-35-33-29-31-34-38-42-46-52-58-64-76(3)4)74-98-102(90,91)96-70-78(85)71-97-103(92,93)99-75-80(73-95-82(87)67-61-55-51-50-53-59-65-77(5)6)101-84(89)69-62-56-48-44-40-36-30-22-20-18-16-14-12-10-8-2/h76-80,85H,7-75H2,1-6H3,(H,90,91)(H,92,93)/t78-,79-,80-/m1/s1. The van der Waals surface area contributed by atoms with E-state index in [1.165, 1.54) is 257 Å². The maximum Gasteiger partial charge on any atom is 0.472 e. The molecule has 0 radical (unpaired) electrons. The second kappa shape index (κ2) is 75.5. The van der Waals surface area contributed by atoms with Gasteiger partial charge in [0.25, 0.3) is 0 Å². The first kappa shape index (κ1) is 101. The molecule has 0 saturated heterocycles. The fraction of sp³-hybridized carbons (Fsp3) is 0.952. The van der Waals surface area contributed by atoms with Crippen LogP contribution in [-0.4, -0.2) is 96.7 Å². The number of phosphoric acid groups is 2. The van der Waals surface area contributed by atoms with E-state index in [1.54, 1.807) is 0 Å². The van der Waals surface area contributed by atoms with Crippen molar-refractivity contribution in [2.45, 2.75) is 464 Å². The highest BCUT2D eigenvalue weighted by Gasteiger charge is 2.30. The molecule has 0 aromatic heterocycles. The van der Waals surface area contributed by atoms with Crippen LogP contribution in [0, 0.1) is 11.8 Å². The molecule has 0 rings (SSSR count). The third kappa shape index (κ3) is 78.0. The zero-order valence-corrected chi connectivity index (χ0v) is 69.4. The highest BCUT2D eigenvalue weighted by atomic mass is 31.2. The lowest BCUT2D eigenvalue weighted by molar-refractivity contribution is -0.161. The van der Waals surface area contributed by atoms with Gasteiger partial charge in [-0.1, -0.05) is 395 Å². The summed E-state index contributed by atoms with van der Waals surface area (Å²) < 4.78 is 68.8. The van der Waals surface area contributed by atoms with Gasteiger partial charge in [-0.05, 0) is 37.5 Å². The number of phosphoric ester groups is 2. The first-order valence-electron chi connectivity index (χ1n) is 43.5. The van der Waals surface area contributed by atoms with Crippen LogP contribution in [0.2, 0.25) is 0 Å². The van der Waals surface area contributed by atoms with Crippen molar-refractivity contribution in [2.75, 3.05) is 39.6 Å². The Morgan fingerprint density at radius 2 is 0.447 bits per heavy atom. The summed E-state index contributed by atoms with van der Waals surface area (Å²) in [4.78, 5) is 73.1. The van der Waals surface area contributed by atoms with Crippen molar-refractivity contribution < 1.29 is 80.2 Å². The Bertz CT molecular complexity index is 1980. The molecular formula is C84H164O17P2. The average molecular weight is 1510 g/mol. The van der Waals surface area contributed by atoms with Crippen LogP contribution in [0.4, 0.5) is 0 Å². The number of aliphatic hydroxyl groups is 1. The molecule has 17 nitrogen and oxygen atoms in total. The third-order valence-electron chi connectivity index (χ3n) is 19.7. The molecule has 0 saturated carbocycles. The van der Waals surface area contributed by atoms with E-state index < -0.39 is 97.5 Å². The van der Waals surface area contributed by atoms with Gasteiger partial charge in [-0.2, -0.15) is 0 Å². The molecule has 0 heterocycles. The number of unbranched alkanes of at least 4 members (excludes halogenated alkanes) is 53. The largest absolute Gasteiger partial charge is 0.472 e. The maximum absolute atomic E-state index is 13.1. The van der Waals surface area contributed by atoms with Crippen molar-refractivity contribution in [1.29, 1.82) is 0 Å². The zero-order chi connectivity index (χ0) is 75.6. The normalized spacial score (nSPS) is 13.9. The molecule has 19 heteroatoms. The van der Waals surface area contributed by atoms with Gasteiger partial charge in [0.05, 0.1) is 26.4 Å². The van der Waals surface area contributed by atoms with Crippen molar-refractivity contribution in [2.24, 2.45) is 11.8 Å². The van der Waals surface area contributed by atoms with Crippen molar-refractivity contribution in [3.8, 4) is 0 Å². The minimum Gasteiger partial charge on any atom is -0.462 e. The third-order valence-corrected chi connectivity index (χ3v) is 21.6. The monoisotopic (exact) mass is 1510 g/mol. The van der Waals surface area contributed by atoms with E-state index in [1.807, 2.05) is 0 Å². The topological polar surface area (TPSA) is 237 Å². The number of hydrogen-bond acceptors (Lipinski definition) is 15. The van der Waals surface area contributed by atoms with Gasteiger partial charge in [-0.3, -0.25) is 37.3 Å². The summed E-state index contributed by atoms with van der Waals surface area (Å²) in [5.41, 5.74) is 0. The molecule has 2 unspecified atom stereocenters. The van der Waals surface area contributed by atoms with Gasteiger partial charge >= 0.3 is 39.5 Å². The lowest BCUT2D eigenvalue weighted by atomic mass is 10.0. The van der Waals surface area contributed by atoms with Gasteiger partial charge in [-0.15, -0.1) is 0 Å². The zero-order valence-electron chi connectivity index (χ0n) is 67.6. The summed E-state index contributed by atoms with van der Waals surface area (Å²) in [5, 5.41) is 10.7. The Kier molecular flexibility index (Phi) is 74.1. The molecule has 0 amide bonds. The highest BCUT2D eigenvalue weighted by molar-refractivity contribution is 7.47. The molecule has 0 aromatic carbocycles. The fourth-order valence-corrected chi connectivity index (χ4v) is 14.6. The second-order valence-corrected chi connectivity index (χ2v) is 34.1. The molecule has 0 aliphatic heterocycles. The lowest BCUT2D eigenvalue weighted by Gasteiger charge is -2.21. The van der Waals surface area contributed by atoms with Crippen LogP contribution in [0.5, 0.6) is 0 Å². The van der Waals surface area contributed by atoms with E-state index in [0.29, 0.717) is 31.6 Å². The number of hydrogen-bond donors (Lipinski definition) is 3. The van der Waals surface area contributed by atoms with Crippen molar-refractivity contribution in [3.05, 3.63) is 0 Å². The van der Waals surface area contributed by atoms with Gasteiger partial charge in [0, 0.05) is 25.7 Å². The van der Waals surface area contributed by atoms with E-state index in [4.69, 9.17) is 37.0 Å². The SMILES string of the molecule is CCCCCCCCCCCCCCCCCCCCCCCC(=O)O[C@H](COC(=O)CCCCCCCCCCCCCCCCCC(C)C)COP(=O)(O)OC[C@@H](O)COP(=O)(O)OC[C@@H](COC(=O)CCCCCCCCC(C)C)OC(=O)CCCCCCCCCCCCCCCCC. The average Bonchev–Trinajstić information content (AvgIpc) is 0.969. The van der Waals surface area contributed by atoms with E-state index in [2.05, 4.69) is 41.5 Å². The molecule has 0 fully saturated rings. The van der Waals surface area contributed by atoms with Crippen LogP contribution < -0.4 is 0 Å². The van der Waals surface area contributed by atoms with E-state index >= 15 is 0 Å². The van der Waals surface area contributed by atoms with Crippen molar-refractivity contribution >= 4 is 39.5 Å². The Morgan fingerprint density at radius 1 is 0.262 bits per heavy atom. The number of esters is 4. The van der Waals surface area contributed by atoms with Gasteiger partial charge in [-0.25, -0.2) is 9.13 Å². The number of carbonyl (C=O) groups is 4. The minimum absolute atomic E-state index is 0.107. The molecule has 0 spiro atoms. The first-order valence-corrected chi connectivity index (χ1v) is 46.5. The van der Waals surface area contributed by atoms with Gasteiger partial charge < -0.3 is 33.8 Å². The fourth-order valence-electron chi connectivity index (χ4n) is 13.1. The van der Waals surface area contributed by atoms with Gasteiger partial charge in [0.15, 0.2) is 12.2 Å². The minimum atomic E-state index is -4.96. The molecule has 612 valence electrons. The lowest BCUT2D eigenvalue weighted by Crippen LogP contribution is -2.30.